The molecule has 34 heavy (non-hydrogen) atoms. The van der Waals surface area contributed by atoms with E-state index in [0.717, 1.165) is 0 Å². The van der Waals surface area contributed by atoms with Crippen LogP contribution in [0.2, 0.25) is 0 Å². The summed E-state index contributed by atoms with van der Waals surface area (Å²) in [6.07, 6.45) is -7.82. The maximum absolute atomic E-state index is 13.1. The Labute approximate surface area is 188 Å². The van der Waals surface area contributed by atoms with Crippen molar-refractivity contribution in [2.45, 2.75) is 18.9 Å². The summed E-state index contributed by atoms with van der Waals surface area (Å²) in [5, 5.41) is 5.51. The zero-order chi connectivity index (χ0) is 24.7. The Bertz CT molecular complexity index is 1090. The molecule has 2 aromatic heterocycles. The van der Waals surface area contributed by atoms with E-state index in [1.165, 1.54) is 0 Å². The number of H-pyrrole nitrogens is 1. The van der Waals surface area contributed by atoms with Crippen LogP contribution in [0.5, 0.6) is 0 Å². The van der Waals surface area contributed by atoms with E-state index in [1.54, 1.807) is 14.7 Å². The highest BCUT2D eigenvalue weighted by atomic mass is 19.4. The van der Waals surface area contributed by atoms with Gasteiger partial charge in [0, 0.05) is 64.3 Å². The molecule has 2 saturated heterocycles. The summed E-state index contributed by atoms with van der Waals surface area (Å²) in [6.45, 7) is 1.65. The van der Waals surface area contributed by atoms with Gasteiger partial charge in [0.15, 0.2) is 0 Å². The predicted octanol–water partition coefficient (Wildman–Crippen LogP) is 1.38. The highest BCUT2D eigenvalue weighted by Gasteiger charge is 2.40. The van der Waals surface area contributed by atoms with Crippen LogP contribution < -0.4 is 10.5 Å². The number of anilines is 1. The van der Waals surface area contributed by atoms with Crippen LogP contribution in [-0.4, -0.2) is 75.1 Å². The van der Waals surface area contributed by atoms with E-state index in [-0.39, 0.29) is 43.1 Å². The predicted molar refractivity (Wildman–Crippen MR) is 104 cm³/mol. The number of halogens is 6. The molecule has 9 nitrogen and oxygen atoms in total. The van der Waals surface area contributed by atoms with Gasteiger partial charge in [0.2, 0.25) is 11.9 Å². The maximum Gasteiger partial charge on any atom is 0.419 e. The molecule has 0 atom stereocenters. The van der Waals surface area contributed by atoms with Crippen LogP contribution in [0.15, 0.2) is 23.3 Å². The molecule has 4 rings (SSSR count). The number of alkyl halides is 6. The van der Waals surface area contributed by atoms with Crippen LogP contribution in [0.3, 0.4) is 0 Å². The molecule has 4 heterocycles. The molecule has 2 aliphatic rings. The molecule has 1 N–H and O–H groups in total. The lowest BCUT2D eigenvalue weighted by atomic mass is 9.97. The molecule has 0 bridgehead atoms. The molecule has 184 valence electrons. The third kappa shape index (κ3) is 5.13. The number of carbonyl (C=O) groups is 1. The summed E-state index contributed by atoms with van der Waals surface area (Å²) in [7, 11) is 0. The summed E-state index contributed by atoms with van der Waals surface area (Å²) >= 11 is 0. The van der Waals surface area contributed by atoms with E-state index in [1.807, 2.05) is 5.10 Å². The first-order valence-electron chi connectivity index (χ1n) is 10.2. The number of aromatic amines is 1. The number of nitrogens with zero attached hydrogens (tertiary/aromatic N) is 6. The second-order valence-electron chi connectivity index (χ2n) is 8.06. The lowest BCUT2D eigenvalue weighted by Gasteiger charge is -2.42. The van der Waals surface area contributed by atoms with E-state index in [2.05, 4.69) is 15.1 Å². The second kappa shape index (κ2) is 8.85. The van der Waals surface area contributed by atoms with Crippen molar-refractivity contribution < 1.29 is 31.1 Å². The van der Waals surface area contributed by atoms with Gasteiger partial charge in [-0.15, -0.1) is 0 Å². The third-order valence-corrected chi connectivity index (χ3v) is 5.71. The average molecular weight is 491 g/mol. The summed E-state index contributed by atoms with van der Waals surface area (Å²) in [5.41, 5.74) is -3.32. The van der Waals surface area contributed by atoms with Gasteiger partial charge in [-0.25, -0.2) is 15.1 Å². The topological polar surface area (TPSA) is 98.3 Å². The van der Waals surface area contributed by atoms with Crippen LogP contribution in [0.1, 0.15) is 16.8 Å². The normalized spacial score (nSPS) is 18.2. The van der Waals surface area contributed by atoms with Crippen molar-refractivity contribution >= 4 is 11.9 Å². The van der Waals surface area contributed by atoms with Crippen LogP contribution in [0.25, 0.3) is 0 Å². The Morgan fingerprint density at radius 2 is 1.62 bits per heavy atom. The van der Waals surface area contributed by atoms with Crippen molar-refractivity contribution in [1.29, 1.82) is 0 Å². The van der Waals surface area contributed by atoms with E-state index in [9.17, 15) is 35.9 Å². The van der Waals surface area contributed by atoms with Gasteiger partial charge < -0.3 is 9.80 Å². The van der Waals surface area contributed by atoms with E-state index >= 15 is 0 Å². The summed E-state index contributed by atoms with van der Waals surface area (Å²) in [5.74, 6) is -0.385. The average Bonchev–Trinajstić information content (AvgIpc) is 2.75. The number of rotatable bonds is 4. The van der Waals surface area contributed by atoms with Gasteiger partial charge in [-0.1, -0.05) is 0 Å². The summed E-state index contributed by atoms with van der Waals surface area (Å²) < 4.78 is 77.4. The van der Waals surface area contributed by atoms with Crippen molar-refractivity contribution in [2.75, 3.05) is 44.2 Å². The quantitative estimate of drug-likeness (QED) is 0.646. The highest BCUT2D eigenvalue weighted by Crippen LogP contribution is 2.32. The van der Waals surface area contributed by atoms with Crippen LogP contribution in [0, 0.1) is 5.92 Å². The van der Waals surface area contributed by atoms with Crippen molar-refractivity contribution in [3.05, 3.63) is 45.6 Å². The Balaban J connectivity index is 1.28. The molecule has 1 amide bonds. The van der Waals surface area contributed by atoms with E-state index < -0.39 is 29.0 Å². The standard InChI is InChI=1S/C19H19F6N7O2/c20-18(21,22)12-6-26-17(27-7-12)32-3-1-31(2-4-32)16(34)11-8-30(9-11)10-14-13(19(23,24)25)5-15(33)29-28-14/h5-7,11H,1-4,8-10H2,(H,29,33). The number of likely N-dealkylation sites (tertiary alicyclic amines) is 1. The molecular formula is C19H19F6N7O2. The lowest BCUT2D eigenvalue weighted by molar-refractivity contribution is -0.143. The molecule has 0 aromatic carbocycles. The zero-order valence-electron chi connectivity index (χ0n) is 17.5. The number of carbonyl (C=O) groups excluding carboxylic acids is 1. The molecule has 2 fully saturated rings. The monoisotopic (exact) mass is 491 g/mol. The van der Waals surface area contributed by atoms with Crippen LogP contribution in [-0.2, 0) is 23.7 Å². The molecule has 0 radical (unpaired) electrons. The minimum Gasteiger partial charge on any atom is -0.339 e. The van der Waals surface area contributed by atoms with Gasteiger partial charge in [0.05, 0.1) is 22.7 Å². The first-order chi connectivity index (χ1) is 15.9. The van der Waals surface area contributed by atoms with Crippen molar-refractivity contribution in [1.82, 2.24) is 30.0 Å². The molecule has 15 heteroatoms. The highest BCUT2D eigenvalue weighted by molar-refractivity contribution is 5.80. The fourth-order valence-electron chi connectivity index (χ4n) is 3.88. The van der Waals surface area contributed by atoms with Gasteiger partial charge in [0.1, 0.15) is 0 Å². The maximum atomic E-state index is 13.1. The fraction of sp³-hybridized carbons (Fsp3) is 0.526. The summed E-state index contributed by atoms with van der Waals surface area (Å²) in [6, 6.07) is 0.463. The van der Waals surface area contributed by atoms with Crippen LogP contribution in [0.4, 0.5) is 32.3 Å². The molecule has 0 aliphatic carbocycles. The van der Waals surface area contributed by atoms with Gasteiger partial charge in [-0.2, -0.15) is 31.4 Å². The Morgan fingerprint density at radius 3 is 2.18 bits per heavy atom. The molecule has 2 aliphatic heterocycles. The number of piperazine rings is 1. The minimum atomic E-state index is -4.72. The molecular weight excluding hydrogens is 472 g/mol. The van der Waals surface area contributed by atoms with Crippen molar-refractivity contribution in [3.63, 3.8) is 0 Å². The number of hydrogen-bond donors (Lipinski definition) is 1. The molecule has 2 aromatic rings. The van der Waals surface area contributed by atoms with Gasteiger partial charge in [0.25, 0.3) is 5.56 Å². The summed E-state index contributed by atoms with van der Waals surface area (Å²) in [4.78, 5) is 36.4. The third-order valence-electron chi connectivity index (χ3n) is 5.71. The Morgan fingerprint density at radius 1 is 1.00 bits per heavy atom. The minimum absolute atomic E-state index is 0.142. The molecule has 0 spiro atoms. The zero-order valence-corrected chi connectivity index (χ0v) is 17.5. The molecule has 0 unspecified atom stereocenters. The first kappa shape index (κ1) is 23.9. The van der Waals surface area contributed by atoms with Gasteiger partial charge in [-0.05, 0) is 0 Å². The Hall–Kier alpha value is -3.23. The smallest absolute Gasteiger partial charge is 0.339 e. The number of amides is 1. The SMILES string of the molecule is O=C(C1CN(Cc2n[nH]c(=O)cc2C(F)(F)F)C1)N1CCN(c2ncc(C(F)(F)F)cn2)CC1. The molecule has 0 saturated carbocycles. The number of hydrogen-bond acceptors (Lipinski definition) is 7. The van der Waals surface area contributed by atoms with Gasteiger partial charge >= 0.3 is 12.4 Å². The largest absolute Gasteiger partial charge is 0.419 e. The van der Waals surface area contributed by atoms with Crippen molar-refractivity contribution in [3.8, 4) is 0 Å². The van der Waals surface area contributed by atoms with E-state index in [4.69, 9.17) is 0 Å². The number of aromatic nitrogens is 4. The second-order valence-corrected chi connectivity index (χ2v) is 8.06. The number of nitrogens with one attached hydrogen (secondary N) is 1. The van der Waals surface area contributed by atoms with E-state index in [0.29, 0.717) is 44.6 Å². The van der Waals surface area contributed by atoms with Gasteiger partial charge in [-0.3, -0.25) is 14.5 Å². The first-order valence-corrected chi connectivity index (χ1v) is 10.2. The van der Waals surface area contributed by atoms with Crippen LogP contribution >= 0.6 is 0 Å². The van der Waals surface area contributed by atoms with Crippen molar-refractivity contribution in [2.24, 2.45) is 5.92 Å². The Kier molecular flexibility index (Phi) is 6.22. The lowest BCUT2D eigenvalue weighted by Crippen LogP contribution is -2.57. The fourth-order valence-corrected chi connectivity index (χ4v) is 3.88.